The van der Waals surface area contributed by atoms with Gasteiger partial charge in [0, 0.05) is 12.1 Å². The van der Waals surface area contributed by atoms with Crippen LogP contribution in [-0.4, -0.2) is 39.7 Å². The Morgan fingerprint density at radius 2 is 1.00 bits per heavy atom. The zero-order valence-electron chi connectivity index (χ0n) is 11.1. The summed E-state index contributed by atoms with van der Waals surface area (Å²) in [4.78, 5) is 39.1. The van der Waals surface area contributed by atoms with Gasteiger partial charge in [0.05, 0.1) is 0 Å². The molecule has 0 aromatic rings. The van der Waals surface area contributed by atoms with Crippen LogP contribution in [0.4, 0.5) is 4.79 Å². The van der Waals surface area contributed by atoms with Crippen molar-refractivity contribution in [2.75, 3.05) is 0 Å². The molecule has 3 aliphatic rings. The smallest absolute Gasteiger partial charge is 0.263 e. The number of hydrogen-bond donors (Lipinski definition) is 0. The summed E-state index contributed by atoms with van der Waals surface area (Å²) in [6, 6.07) is -0.449. The number of imide groups is 2. The van der Waals surface area contributed by atoms with E-state index >= 15 is 0 Å². The van der Waals surface area contributed by atoms with E-state index in [2.05, 4.69) is 0 Å². The van der Waals surface area contributed by atoms with Gasteiger partial charge in [0.15, 0.2) is 0 Å². The van der Waals surface area contributed by atoms with Gasteiger partial charge >= 0.3 is 17.8 Å². The number of amides is 4. The second-order valence-corrected chi connectivity index (χ2v) is 5.86. The van der Waals surface area contributed by atoms with Crippen molar-refractivity contribution in [1.82, 2.24) is 9.80 Å². The quantitative estimate of drug-likeness (QED) is 0.566. The van der Waals surface area contributed by atoms with Gasteiger partial charge in [-0.25, -0.2) is 4.79 Å². The van der Waals surface area contributed by atoms with Crippen LogP contribution in [0.15, 0.2) is 0 Å². The van der Waals surface area contributed by atoms with Crippen molar-refractivity contribution in [2.45, 2.75) is 69.9 Å². The average Bonchev–Trinajstić information content (AvgIpc) is 3.00. The molecule has 0 aromatic heterocycles. The molecule has 0 aromatic carbocycles. The lowest BCUT2D eigenvalue weighted by Gasteiger charge is -2.29. The molecule has 104 valence electrons. The van der Waals surface area contributed by atoms with E-state index in [-0.39, 0.29) is 18.1 Å². The number of rotatable bonds is 2. The molecule has 3 fully saturated rings. The Labute approximate surface area is 112 Å². The summed E-state index contributed by atoms with van der Waals surface area (Å²) in [5, 5.41) is 0. The van der Waals surface area contributed by atoms with E-state index in [1.165, 1.54) is 9.80 Å². The highest BCUT2D eigenvalue weighted by atomic mass is 16.2. The van der Waals surface area contributed by atoms with Gasteiger partial charge in [-0.2, -0.15) is 0 Å². The van der Waals surface area contributed by atoms with Crippen molar-refractivity contribution in [3.8, 4) is 0 Å². The first-order chi connectivity index (χ1) is 9.20. The van der Waals surface area contributed by atoms with Crippen LogP contribution >= 0.6 is 0 Å². The Kier molecular flexibility index (Phi) is 3.29. The summed E-state index contributed by atoms with van der Waals surface area (Å²) in [7, 11) is 0. The van der Waals surface area contributed by atoms with Gasteiger partial charge in [0.2, 0.25) is 0 Å². The van der Waals surface area contributed by atoms with Gasteiger partial charge in [-0.05, 0) is 25.7 Å². The molecule has 0 radical (unpaired) electrons. The van der Waals surface area contributed by atoms with E-state index in [1.807, 2.05) is 0 Å². The fourth-order valence-electron chi connectivity index (χ4n) is 3.64. The fourth-order valence-corrected chi connectivity index (χ4v) is 3.64. The van der Waals surface area contributed by atoms with Crippen LogP contribution < -0.4 is 0 Å². The summed E-state index contributed by atoms with van der Waals surface area (Å²) < 4.78 is 0. The predicted molar refractivity (Wildman–Crippen MR) is 68.2 cm³/mol. The maximum Gasteiger partial charge on any atom is 0.334 e. The van der Waals surface area contributed by atoms with Crippen molar-refractivity contribution in [3.63, 3.8) is 0 Å². The summed E-state index contributed by atoms with van der Waals surface area (Å²) in [6.07, 6.45) is 8.73. The molecule has 0 atom stereocenters. The molecule has 5 nitrogen and oxygen atoms in total. The Morgan fingerprint density at radius 3 is 1.42 bits per heavy atom. The first-order valence-corrected chi connectivity index (χ1v) is 7.41. The highest BCUT2D eigenvalue weighted by molar-refractivity contribution is 6.44. The second kappa shape index (κ2) is 4.94. The van der Waals surface area contributed by atoms with Crippen LogP contribution in [0, 0.1) is 0 Å². The van der Waals surface area contributed by atoms with Gasteiger partial charge < -0.3 is 0 Å². The van der Waals surface area contributed by atoms with Gasteiger partial charge in [0.1, 0.15) is 0 Å². The van der Waals surface area contributed by atoms with Crippen LogP contribution in [0.3, 0.4) is 0 Å². The highest BCUT2D eigenvalue weighted by Crippen LogP contribution is 2.31. The standard InChI is InChI=1S/C14H20N2O3/c17-12-13(18)16(11-8-4-5-9-11)14(19)15(12)10-6-2-1-3-7-10/h10-11H,1-9H2. The molecule has 3 rings (SSSR count). The van der Waals surface area contributed by atoms with Crippen molar-refractivity contribution in [3.05, 3.63) is 0 Å². The third-order valence-corrected chi connectivity index (χ3v) is 4.66. The van der Waals surface area contributed by atoms with Gasteiger partial charge in [-0.1, -0.05) is 32.1 Å². The van der Waals surface area contributed by atoms with Crippen LogP contribution in [0.5, 0.6) is 0 Å². The molecule has 4 amide bonds. The molecular weight excluding hydrogens is 244 g/mol. The molecule has 1 aliphatic heterocycles. The molecule has 0 spiro atoms. The number of nitrogens with zero attached hydrogens (tertiary/aromatic N) is 2. The van der Waals surface area contributed by atoms with E-state index in [9.17, 15) is 14.4 Å². The van der Waals surface area contributed by atoms with Gasteiger partial charge in [0.25, 0.3) is 0 Å². The minimum Gasteiger partial charge on any atom is -0.263 e. The van der Waals surface area contributed by atoms with Gasteiger partial charge in [-0.3, -0.25) is 19.4 Å². The molecule has 0 bridgehead atoms. The maximum atomic E-state index is 12.4. The second-order valence-electron chi connectivity index (χ2n) is 5.86. The van der Waals surface area contributed by atoms with E-state index in [0.29, 0.717) is 0 Å². The third kappa shape index (κ3) is 2.05. The Morgan fingerprint density at radius 1 is 0.632 bits per heavy atom. The van der Waals surface area contributed by atoms with Crippen LogP contribution in [0.25, 0.3) is 0 Å². The Balaban J connectivity index is 1.80. The first kappa shape index (κ1) is 12.6. The SMILES string of the molecule is O=C1C(=O)N(C2CCCC2)C(=O)N1C1CCCCC1. The summed E-state index contributed by atoms with van der Waals surface area (Å²) >= 11 is 0. The number of carbonyl (C=O) groups is 3. The average molecular weight is 264 g/mol. The van der Waals surface area contributed by atoms with Crippen LogP contribution in [0.2, 0.25) is 0 Å². The highest BCUT2D eigenvalue weighted by Gasteiger charge is 2.50. The molecule has 1 heterocycles. The molecule has 0 N–H and O–H groups in total. The molecule has 2 aliphatic carbocycles. The maximum absolute atomic E-state index is 12.4. The van der Waals surface area contributed by atoms with Crippen molar-refractivity contribution >= 4 is 17.8 Å². The largest absolute Gasteiger partial charge is 0.334 e. The molecule has 5 heteroatoms. The van der Waals surface area contributed by atoms with E-state index in [1.54, 1.807) is 0 Å². The van der Waals surface area contributed by atoms with E-state index in [0.717, 1.165) is 57.8 Å². The monoisotopic (exact) mass is 264 g/mol. The predicted octanol–water partition coefficient (Wildman–Crippen LogP) is 2.05. The lowest BCUT2D eigenvalue weighted by Crippen LogP contribution is -2.44. The Bertz CT molecular complexity index is 409. The van der Waals surface area contributed by atoms with E-state index < -0.39 is 11.8 Å². The molecule has 0 unspecified atom stereocenters. The first-order valence-electron chi connectivity index (χ1n) is 7.41. The summed E-state index contributed by atoms with van der Waals surface area (Å²) in [5.74, 6) is -1.19. The van der Waals surface area contributed by atoms with Crippen LogP contribution in [-0.2, 0) is 9.59 Å². The fraction of sp³-hybridized carbons (Fsp3) is 0.786. The van der Waals surface area contributed by atoms with Crippen molar-refractivity contribution in [1.29, 1.82) is 0 Å². The third-order valence-electron chi connectivity index (χ3n) is 4.66. The zero-order valence-corrected chi connectivity index (χ0v) is 11.1. The van der Waals surface area contributed by atoms with Crippen LogP contribution in [0.1, 0.15) is 57.8 Å². The molecule has 19 heavy (non-hydrogen) atoms. The molecule has 2 saturated carbocycles. The Hall–Kier alpha value is -1.39. The lowest BCUT2D eigenvalue weighted by molar-refractivity contribution is -0.144. The molecular formula is C14H20N2O3. The zero-order chi connectivity index (χ0) is 13.4. The number of hydrogen-bond acceptors (Lipinski definition) is 3. The van der Waals surface area contributed by atoms with Gasteiger partial charge in [-0.15, -0.1) is 0 Å². The minimum absolute atomic E-state index is 0.0439. The summed E-state index contributed by atoms with van der Waals surface area (Å²) in [6.45, 7) is 0. The lowest BCUT2D eigenvalue weighted by atomic mass is 9.94. The number of carbonyl (C=O) groups excluding carboxylic acids is 3. The summed E-state index contributed by atoms with van der Waals surface area (Å²) in [5.41, 5.74) is 0. The topological polar surface area (TPSA) is 57.7 Å². The van der Waals surface area contributed by atoms with E-state index in [4.69, 9.17) is 0 Å². The number of urea groups is 1. The van der Waals surface area contributed by atoms with Crippen molar-refractivity contribution < 1.29 is 14.4 Å². The molecule has 1 saturated heterocycles. The normalized spacial score (nSPS) is 26.8. The minimum atomic E-state index is -0.595. The van der Waals surface area contributed by atoms with Crippen molar-refractivity contribution in [2.24, 2.45) is 0 Å².